The minimum atomic E-state index is -1.44. The van der Waals surface area contributed by atoms with Gasteiger partial charge in [0.05, 0.1) is 15.2 Å². The highest BCUT2D eigenvalue weighted by Crippen LogP contribution is 2.44. The molecule has 0 aliphatic carbocycles. The molecule has 108 valence electrons. The third-order valence-electron chi connectivity index (χ3n) is 5.04. The van der Waals surface area contributed by atoms with Gasteiger partial charge in [-0.05, 0) is 10.1 Å². The van der Waals surface area contributed by atoms with Gasteiger partial charge in [0.15, 0.2) is 14.3 Å². The smallest absolute Gasteiger partial charge is 0.158 e. The average molecular weight is 358 g/mol. The molecule has 2 radical (unpaired) electrons. The van der Waals surface area contributed by atoms with E-state index in [1.54, 1.807) is 0 Å². The number of hydrogen-bond donors (Lipinski definition) is 0. The van der Waals surface area contributed by atoms with Gasteiger partial charge in [0.2, 0.25) is 0 Å². The van der Waals surface area contributed by atoms with Crippen molar-refractivity contribution in [1.82, 2.24) is 0 Å². The van der Waals surface area contributed by atoms with Gasteiger partial charge in [0.25, 0.3) is 0 Å². The molecule has 0 bridgehead atoms. The molecule has 0 amide bonds. The summed E-state index contributed by atoms with van der Waals surface area (Å²) in [6.07, 6.45) is 0. The third-order valence-corrected chi connectivity index (χ3v) is 61.0. The van der Waals surface area contributed by atoms with E-state index in [0.717, 1.165) is 0 Å². The molecule has 0 saturated heterocycles. The summed E-state index contributed by atoms with van der Waals surface area (Å²) in [6, 6.07) is 0. The minimum absolute atomic E-state index is 0.357. The van der Waals surface area contributed by atoms with Crippen molar-refractivity contribution in [2.45, 2.75) is 77.8 Å². The van der Waals surface area contributed by atoms with Crippen LogP contribution in [0, 0.1) is 0 Å². The molecule has 0 aromatic rings. The Morgan fingerprint density at radius 1 is 0.611 bits per heavy atom. The van der Waals surface area contributed by atoms with E-state index in [0.29, 0.717) is 10.1 Å². The molecule has 0 spiro atoms. The van der Waals surface area contributed by atoms with E-state index in [4.69, 9.17) is 22.2 Å². The normalized spacial score (nSPS) is 15.7. The Bertz CT molecular complexity index is 259. The maximum atomic E-state index is 7.01. The Kier molecular flexibility index (Phi) is 6.14. The quantitative estimate of drug-likeness (QED) is 0.449. The molecule has 0 aliphatic heterocycles. The van der Waals surface area contributed by atoms with Gasteiger partial charge < -0.3 is 0 Å². The van der Waals surface area contributed by atoms with Crippen molar-refractivity contribution < 1.29 is 0 Å². The first-order chi connectivity index (χ1) is 7.57. The molecule has 6 heteroatoms. The van der Waals surface area contributed by atoms with Gasteiger partial charge in [-0.1, -0.05) is 67.7 Å². The molecular formula is C12H30Cl2Si4. The van der Waals surface area contributed by atoms with Gasteiger partial charge in [0, 0.05) is 0 Å². The largest absolute Gasteiger partial charge is 0.175 e. The summed E-state index contributed by atoms with van der Waals surface area (Å²) in [5.41, 5.74) is 0. The highest BCUT2D eigenvalue weighted by atomic mass is 35.6. The van der Waals surface area contributed by atoms with Gasteiger partial charge in [-0.3, -0.25) is 0 Å². The molecular weight excluding hydrogens is 327 g/mol. The summed E-state index contributed by atoms with van der Waals surface area (Å²) in [6.45, 7) is 23.9. The summed E-state index contributed by atoms with van der Waals surface area (Å²) in [7, 11) is -4.69. The fourth-order valence-electron chi connectivity index (χ4n) is 1.21. The number of halogens is 2. The molecule has 0 aliphatic rings. The molecule has 0 aromatic heterocycles. The van der Waals surface area contributed by atoms with Gasteiger partial charge >= 0.3 is 0 Å². The van der Waals surface area contributed by atoms with Crippen LogP contribution >= 0.6 is 22.2 Å². The van der Waals surface area contributed by atoms with E-state index in [1.807, 2.05) is 0 Å². The summed E-state index contributed by atoms with van der Waals surface area (Å²) in [4.78, 5) is 0. The molecule has 0 unspecified atom stereocenters. The average Bonchev–Trinajstić information content (AvgIpc) is 2.11. The highest BCUT2D eigenvalue weighted by molar-refractivity contribution is 7.90. The lowest BCUT2D eigenvalue weighted by Gasteiger charge is -2.46. The fourth-order valence-corrected chi connectivity index (χ4v) is 62.2. The van der Waals surface area contributed by atoms with Crippen molar-refractivity contribution in [2.75, 3.05) is 0 Å². The van der Waals surface area contributed by atoms with Crippen LogP contribution in [0.5, 0.6) is 0 Å². The van der Waals surface area contributed by atoms with Crippen molar-refractivity contribution in [3.05, 3.63) is 0 Å². The molecule has 18 heavy (non-hydrogen) atoms. The maximum absolute atomic E-state index is 7.01. The van der Waals surface area contributed by atoms with Gasteiger partial charge in [-0.2, -0.15) is 22.2 Å². The first kappa shape index (κ1) is 19.4. The Morgan fingerprint density at radius 2 is 0.778 bits per heavy atom. The van der Waals surface area contributed by atoms with E-state index in [1.165, 1.54) is 0 Å². The predicted octanol–water partition coefficient (Wildman–Crippen LogP) is 5.70. The third kappa shape index (κ3) is 3.76. The van der Waals surface area contributed by atoms with E-state index >= 15 is 0 Å². The van der Waals surface area contributed by atoms with Gasteiger partial charge in [-0.15, -0.1) is 0 Å². The van der Waals surface area contributed by atoms with Crippen LogP contribution in [0.3, 0.4) is 0 Å². The van der Waals surface area contributed by atoms with E-state index < -0.39 is 29.5 Å². The van der Waals surface area contributed by atoms with Crippen LogP contribution in [0.1, 0.15) is 41.5 Å². The molecule has 0 saturated carbocycles. The highest BCUT2D eigenvalue weighted by Gasteiger charge is 2.54. The second-order valence-electron chi connectivity index (χ2n) is 8.38. The second kappa shape index (κ2) is 5.68. The number of hydrogen-bond acceptors (Lipinski definition) is 0. The summed E-state index contributed by atoms with van der Waals surface area (Å²) >= 11 is 14.0. The zero-order valence-corrected chi connectivity index (χ0v) is 19.3. The SMILES string of the molecule is CC(C)(C)[Si](C)(C)[Si](Cl)[Si](Cl)[Si](C)(C)C(C)(C)C. The number of rotatable bonds is 3. The zero-order valence-electron chi connectivity index (χ0n) is 13.8. The van der Waals surface area contributed by atoms with Crippen LogP contribution in [-0.2, 0) is 0 Å². The van der Waals surface area contributed by atoms with Crippen LogP contribution in [0.4, 0.5) is 0 Å². The van der Waals surface area contributed by atoms with Crippen LogP contribution in [0.15, 0.2) is 0 Å². The maximum Gasteiger partial charge on any atom is 0.158 e. The van der Waals surface area contributed by atoms with Crippen molar-refractivity contribution in [3.63, 3.8) is 0 Å². The monoisotopic (exact) mass is 356 g/mol. The zero-order chi connectivity index (χ0) is 15.2. The van der Waals surface area contributed by atoms with Gasteiger partial charge in [-0.25, -0.2) is 0 Å². The molecule has 0 N–H and O–H groups in total. The van der Waals surface area contributed by atoms with Crippen LogP contribution in [0.2, 0.25) is 36.3 Å². The molecule has 0 fully saturated rings. The van der Waals surface area contributed by atoms with Crippen molar-refractivity contribution >= 4 is 51.6 Å². The van der Waals surface area contributed by atoms with E-state index in [9.17, 15) is 0 Å². The van der Waals surface area contributed by atoms with Crippen molar-refractivity contribution in [1.29, 1.82) is 0 Å². The predicted molar refractivity (Wildman–Crippen MR) is 97.6 cm³/mol. The first-order valence-corrected chi connectivity index (χ1v) is 20.7. The van der Waals surface area contributed by atoms with Crippen LogP contribution in [0.25, 0.3) is 0 Å². The Hall–Kier alpha value is 1.45. The fraction of sp³-hybridized carbons (Fsp3) is 1.00. The standard InChI is InChI=1S/C12H30Cl2Si4/c1-11(2,3)17(7,8)15(13)16(14)18(9,10)12(4,5)6/h1-10H3. The Morgan fingerprint density at radius 3 is 0.889 bits per heavy atom. The molecule has 0 nitrogen and oxygen atoms in total. The van der Waals surface area contributed by atoms with Crippen LogP contribution in [-0.4, -0.2) is 29.5 Å². The molecule has 0 atom stereocenters. The first-order valence-electron chi connectivity index (χ1n) is 6.63. The summed E-state index contributed by atoms with van der Waals surface area (Å²) in [5.74, 6) is 0. The van der Waals surface area contributed by atoms with E-state index in [2.05, 4.69) is 67.7 Å². The lowest BCUT2D eigenvalue weighted by Crippen LogP contribution is -2.66. The lowest BCUT2D eigenvalue weighted by atomic mass is 10.2. The van der Waals surface area contributed by atoms with Crippen molar-refractivity contribution in [2.24, 2.45) is 0 Å². The summed E-state index contributed by atoms with van der Waals surface area (Å²) in [5, 5.41) is 0.715. The summed E-state index contributed by atoms with van der Waals surface area (Å²) < 4.78 is 0. The molecule has 0 aromatic carbocycles. The lowest BCUT2D eigenvalue weighted by molar-refractivity contribution is 0.733. The Balaban J connectivity index is 5.31. The second-order valence-corrected chi connectivity index (χ2v) is 41.7. The molecule has 0 rings (SSSR count). The minimum Gasteiger partial charge on any atom is -0.175 e. The topological polar surface area (TPSA) is 0 Å². The van der Waals surface area contributed by atoms with Crippen LogP contribution < -0.4 is 0 Å². The van der Waals surface area contributed by atoms with Gasteiger partial charge in [0.1, 0.15) is 0 Å². The van der Waals surface area contributed by atoms with Crippen molar-refractivity contribution in [3.8, 4) is 0 Å². The van der Waals surface area contributed by atoms with E-state index in [-0.39, 0.29) is 0 Å². The Labute approximate surface area is 129 Å². The molecule has 0 heterocycles.